The van der Waals surface area contributed by atoms with Crippen LogP contribution in [-0.4, -0.2) is 38.7 Å². The zero-order valence-corrected chi connectivity index (χ0v) is 13.6. The number of rotatable bonds is 6. The standard InChI is InChI=1S/C9H21N7S3/c1-4(13-7(10)17)16(5(2)14-8(11)18)6(3)15-9(12)19/h4-6H,1-3H3,(H3,10,13,17)(H3,11,14,18)(H3,12,15,19). The van der Waals surface area contributed by atoms with E-state index in [1.54, 1.807) is 0 Å². The smallest absolute Gasteiger partial charge is 0.164 e. The first-order chi connectivity index (χ1) is 8.65. The Hall–Kier alpha value is -0.970. The van der Waals surface area contributed by atoms with Crippen molar-refractivity contribution in [1.29, 1.82) is 0 Å². The fourth-order valence-electron chi connectivity index (χ4n) is 1.85. The molecule has 0 bridgehead atoms. The minimum absolute atomic E-state index is 0.175. The van der Waals surface area contributed by atoms with Crippen LogP contribution in [0.3, 0.4) is 0 Å². The maximum Gasteiger partial charge on any atom is 0.164 e. The van der Waals surface area contributed by atoms with Crippen molar-refractivity contribution in [2.24, 2.45) is 17.2 Å². The van der Waals surface area contributed by atoms with Crippen molar-refractivity contribution in [3.63, 3.8) is 0 Å². The Labute approximate surface area is 129 Å². The summed E-state index contributed by atoms with van der Waals surface area (Å²) in [6.07, 6.45) is -0.524. The third kappa shape index (κ3) is 7.25. The van der Waals surface area contributed by atoms with Crippen LogP contribution in [-0.2, 0) is 0 Å². The SMILES string of the molecule is CC(NC(N)=S)N(C(C)NC(N)=S)C(C)NC(N)=S. The first-order valence-corrected chi connectivity index (χ1v) is 6.83. The maximum absolute atomic E-state index is 5.49. The van der Waals surface area contributed by atoms with E-state index in [0.29, 0.717) is 0 Å². The van der Waals surface area contributed by atoms with Crippen LogP contribution in [0.15, 0.2) is 0 Å². The Balaban J connectivity index is 4.94. The van der Waals surface area contributed by atoms with E-state index in [2.05, 4.69) is 16.0 Å². The van der Waals surface area contributed by atoms with Crippen LogP contribution in [0.5, 0.6) is 0 Å². The number of nitrogens with zero attached hydrogens (tertiary/aromatic N) is 1. The maximum atomic E-state index is 5.49. The summed E-state index contributed by atoms with van der Waals surface area (Å²) in [6.45, 7) is 5.69. The molecule has 0 aliphatic rings. The van der Waals surface area contributed by atoms with Crippen molar-refractivity contribution in [3.05, 3.63) is 0 Å². The highest BCUT2D eigenvalue weighted by Crippen LogP contribution is 2.06. The van der Waals surface area contributed by atoms with E-state index < -0.39 is 0 Å². The summed E-state index contributed by atoms with van der Waals surface area (Å²) in [4.78, 5) is 1.96. The summed E-state index contributed by atoms with van der Waals surface area (Å²) < 4.78 is 0. The molecular weight excluding hydrogens is 302 g/mol. The molecule has 3 unspecified atom stereocenters. The van der Waals surface area contributed by atoms with Gasteiger partial charge in [0.15, 0.2) is 15.3 Å². The fraction of sp³-hybridized carbons (Fsp3) is 0.667. The molecule has 0 saturated heterocycles. The third-order valence-electron chi connectivity index (χ3n) is 2.40. The molecule has 0 amide bonds. The summed E-state index contributed by atoms with van der Waals surface area (Å²) in [5.74, 6) is 0. The first kappa shape index (κ1) is 18.0. The molecule has 0 fully saturated rings. The lowest BCUT2D eigenvalue weighted by Gasteiger charge is -2.39. The monoisotopic (exact) mass is 323 g/mol. The molecule has 0 heterocycles. The van der Waals surface area contributed by atoms with Gasteiger partial charge in [-0.15, -0.1) is 0 Å². The second-order valence-electron chi connectivity index (χ2n) is 4.00. The van der Waals surface area contributed by atoms with Gasteiger partial charge in [-0.1, -0.05) is 0 Å². The van der Waals surface area contributed by atoms with Gasteiger partial charge in [-0.2, -0.15) is 0 Å². The van der Waals surface area contributed by atoms with Crippen molar-refractivity contribution < 1.29 is 0 Å². The highest BCUT2D eigenvalue weighted by atomic mass is 32.1. The van der Waals surface area contributed by atoms with Crippen LogP contribution in [0.25, 0.3) is 0 Å². The Morgan fingerprint density at radius 3 is 1.11 bits per heavy atom. The quantitative estimate of drug-likeness (QED) is 0.264. The van der Waals surface area contributed by atoms with E-state index in [-0.39, 0.29) is 33.8 Å². The molecule has 3 atom stereocenters. The Bertz CT molecular complexity index is 296. The topological polar surface area (TPSA) is 117 Å². The lowest BCUT2D eigenvalue weighted by Crippen LogP contribution is -2.63. The van der Waals surface area contributed by atoms with Gasteiger partial charge in [0, 0.05) is 0 Å². The number of hydrogen-bond donors (Lipinski definition) is 6. The van der Waals surface area contributed by atoms with Gasteiger partial charge in [-0.25, -0.2) is 4.90 Å². The molecule has 9 N–H and O–H groups in total. The van der Waals surface area contributed by atoms with Gasteiger partial charge in [0.05, 0.1) is 18.5 Å². The summed E-state index contributed by atoms with van der Waals surface area (Å²) >= 11 is 14.5. The number of thiocarbonyl (C=S) groups is 3. The van der Waals surface area contributed by atoms with E-state index in [4.69, 9.17) is 53.9 Å². The predicted molar refractivity (Wildman–Crippen MR) is 90.0 cm³/mol. The third-order valence-corrected chi connectivity index (χ3v) is 2.75. The zero-order chi connectivity index (χ0) is 15.2. The van der Waals surface area contributed by atoms with E-state index in [1.807, 2.05) is 25.7 Å². The predicted octanol–water partition coefficient (Wildman–Crippen LogP) is -1.17. The van der Waals surface area contributed by atoms with Crippen LogP contribution < -0.4 is 33.2 Å². The molecule has 0 aliphatic heterocycles. The average molecular weight is 324 g/mol. The number of nitrogens with one attached hydrogen (secondary N) is 3. The van der Waals surface area contributed by atoms with Gasteiger partial charge < -0.3 is 33.2 Å². The normalized spacial score (nSPS) is 15.2. The lowest BCUT2D eigenvalue weighted by atomic mass is 10.3. The molecule has 0 radical (unpaired) electrons. The van der Waals surface area contributed by atoms with Crippen LogP contribution in [0.2, 0.25) is 0 Å². The molecule has 0 saturated carbocycles. The molecule has 0 aromatic rings. The summed E-state index contributed by atoms with van der Waals surface area (Å²) in [5.41, 5.74) is 16.5. The molecule has 7 nitrogen and oxygen atoms in total. The molecule has 19 heavy (non-hydrogen) atoms. The second-order valence-corrected chi connectivity index (χ2v) is 5.32. The van der Waals surface area contributed by atoms with Crippen molar-refractivity contribution in [2.75, 3.05) is 0 Å². The minimum atomic E-state index is -0.175. The molecular formula is C9H21N7S3. The highest BCUT2D eigenvalue weighted by molar-refractivity contribution is 7.80. The van der Waals surface area contributed by atoms with E-state index >= 15 is 0 Å². The largest absolute Gasteiger partial charge is 0.376 e. The Morgan fingerprint density at radius 2 is 0.947 bits per heavy atom. The van der Waals surface area contributed by atoms with Crippen molar-refractivity contribution in [1.82, 2.24) is 20.9 Å². The summed E-state index contributed by atoms with van der Waals surface area (Å²) in [5, 5.41) is 9.40. The van der Waals surface area contributed by atoms with E-state index in [0.717, 1.165) is 0 Å². The minimum Gasteiger partial charge on any atom is -0.376 e. The van der Waals surface area contributed by atoms with Crippen LogP contribution >= 0.6 is 36.7 Å². The molecule has 0 spiro atoms. The molecule has 10 heteroatoms. The van der Waals surface area contributed by atoms with Crippen molar-refractivity contribution >= 4 is 52.0 Å². The molecule has 110 valence electrons. The highest BCUT2D eigenvalue weighted by Gasteiger charge is 2.26. The van der Waals surface area contributed by atoms with Gasteiger partial charge in [-0.05, 0) is 57.4 Å². The van der Waals surface area contributed by atoms with Crippen LogP contribution in [0.4, 0.5) is 0 Å². The Kier molecular flexibility index (Phi) is 7.83. The van der Waals surface area contributed by atoms with Crippen LogP contribution in [0, 0.1) is 0 Å². The second kappa shape index (κ2) is 8.25. The van der Waals surface area contributed by atoms with Gasteiger partial charge in [0.25, 0.3) is 0 Å². The van der Waals surface area contributed by atoms with Crippen molar-refractivity contribution in [2.45, 2.75) is 39.3 Å². The van der Waals surface area contributed by atoms with Gasteiger partial charge in [-0.3, -0.25) is 0 Å². The van der Waals surface area contributed by atoms with Crippen LogP contribution in [0.1, 0.15) is 20.8 Å². The Morgan fingerprint density at radius 1 is 0.737 bits per heavy atom. The number of nitrogens with two attached hydrogens (primary N) is 3. The first-order valence-electron chi connectivity index (χ1n) is 5.60. The molecule has 0 aromatic heterocycles. The van der Waals surface area contributed by atoms with E-state index in [1.165, 1.54) is 0 Å². The molecule has 0 aromatic carbocycles. The summed E-state index contributed by atoms with van der Waals surface area (Å²) in [6, 6.07) is 0. The molecule has 0 aliphatic carbocycles. The number of hydrogen-bond acceptors (Lipinski definition) is 4. The van der Waals surface area contributed by atoms with Gasteiger partial charge in [0.2, 0.25) is 0 Å². The lowest BCUT2D eigenvalue weighted by molar-refractivity contribution is 0.0802. The van der Waals surface area contributed by atoms with Gasteiger partial charge in [0.1, 0.15) is 0 Å². The summed E-state index contributed by atoms with van der Waals surface area (Å²) in [7, 11) is 0. The average Bonchev–Trinajstić information content (AvgIpc) is 2.12. The van der Waals surface area contributed by atoms with Gasteiger partial charge >= 0.3 is 0 Å². The van der Waals surface area contributed by atoms with Crippen molar-refractivity contribution in [3.8, 4) is 0 Å². The molecule has 0 rings (SSSR count). The zero-order valence-electron chi connectivity index (χ0n) is 11.1. The fourth-order valence-corrected chi connectivity index (χ4v) is 2.36. The van der Waals surface area contributed by atoms with E-state index in [9.17, 15) is 0 Å².